The van der Waals surface area contributed by atoms with E-state index in [4.69, 9.17) is 12.2 Å². The van der Waals surface area contributed by atoms with Gasteiger partial charge in [-0.2, -0.15) is 4.99 Å². The molecule has 0 saturated carbocycles. The molecule has 0 aromatic carbocycles. The number of nitrogens with zero attached hydrogens (tertiary/aromatic N) is 1. The molecule has 0 aromatic rings. The van der Waals surface area contributed by atoms with Crippen molar-refractivity contribution >= 4 is 5.84 Å². The maximum Gasteiger partial charge on any atom is 0.133 e. The van der Waals surface area contributed by atoms with E-state index in [-0.39, 0.29) is 0 Å². The second-order valence-corrected chi connectivity index (χ2v) is 1.17. The van der Waals surface area contributed by atoms with Crippen molar-refractivity contribution in [1.29, 1.82) is 0 Å². The molecule has 0 saturated heterocycles. The molecule has 0 aliphatic carbocycles. The Morgan fingerprint density at radius 3 is 2.88 bits per heavy atom. The minimum Gasteiger partial charge on any atom is -0.383 e. The fraction of sp³-hybridized carbons (Fsp3) is 0.167. The van der Waals surface area contributed by atoms with E-state index in [1.807, 2.05) is 6.92 Å². The van der Waals surface area contributed by atoms with Crippen molar-refractivity contribution in [3.63, 3.8) is 0 Å². The molecule has 0 heterocycles. The Morgan fingerprint density at radius 1 is 1.88 bits per heavy atom. The lowest BCUT2D eigenvalue weighted by Gasteiger charge is -1.80. The first kappa shape index (κ1) is 6.77. The van der Waals surface area contributed by atoms with Crippen molar-refractivity contribution in [2.45, 2.75) is 6.92 Å². The maximum absolute atomic E-state index is 5.22. The Balaban J connectivity index is 3.85. The van der Waals surface area contributed by atoms with Gasteiger partial charge in [-0.25, -0.2) is 0 Å². The van der Waals surface area contributed by atoms with Crippen molar-refractivity contribution in [2.75, 3.05) is 0 Å². The molecule has 0 spiro atoms. The first-order valence-corrected chi connectivity index (χ1v) is 2.22. The van der Waals surface area contributed by atoms with Crippen LogP contribution >= 0.6 is 0 Å². The second kappa shape index (κ2) is 3.94. The zero-order chi connectivity index (χ0) is 6.41. The van der Waals surface area contributed by atoms with Gasteiger partial charge >= 0.3 is 0 Å². The number of hydrogen-bond donors (Lipinski definition) is 1. The lowest BCUT2D eigenvalue weighted by molar-refractivity contribution is 1.57. The van der Waals surface area contributed by atoms with Gasteiger partial charge in [-0.1, -0.05) is 12.5 Å². The Bertz CT molecular complexity index is 148. The highest BCUT2D eigenvalue weighted by atomic mass is 14.8. The summed E-state index contributed by atoms with van der Waals surface area (Å²) in [6, 6.07) is 2.06. The number of rotatable bonds is 1. The molecule has 0 aliphatic rings. The van der Waals surface area contributed by atoms with Gasteiger partial charge < -0.3 is 5.73 Å². The van der Waals surface area contributed by atoms with Crippen LogP contribution in [0.5, 0.6) is 0 Å². The monoisotopic (exact) mass is 108 g/mol. The molecule has 0 bridgehead atoms. The third kappa shape index (κ3) is 2.98. The number of terminal acetylenes is 1. The van der Waals surface area contributed by atoms with Gasteiger partial charge in [0.2, 0.25) is 0 Å². The van der Waals surface area contributed by atoms with Crippen LogP contribution in [0.25, 0.3) is 0 Å². The Morgan fingerprint density at radius 2 is 2.50 bits per heavy atom. The molecule has 0 rings (SSSR count). The van der Waals surface area contributed by atoms with Gasteiger partial charge in [-0.05, 0) is 13.0 Å². The molecule has 8 heavy (non-hydrogen) atoms. The van der Waals surface area contributed by atoms with Crippen LogP contribution in [-0.2, 0) is 0 Å². The lowest BCUT2D eigenvalue weighted by Crippen LogP contribution is -2.05. The van der Waals surface area contributed by atoms with Crippen molar-refractivity contribution in [3.8, 4) is 12.5 Å². The minimum absolute atomic E-state index is 0.370. The highest BCUT2D eigenvalue weighted by Gasteiger charge is 1.74. The van der Waals surface area contributed by atoms with E-state index in [0.29, 0.717) is 5.84 Å². The second-order valence-electron chi connectivity index (χ2n) is 1.17. The molecule has 42 valence electrons. The summed E-state index contributed by atoms with van der Waals surface area (Å²) >= 11 is 0. The zero-order valence-corrected chi connectivity index (χ0v) is 4.76. The summed E-state index contributed by atoms with van der Waals surface area (Å²) in [5.74, 6) is 0.370. The van der Waals surface area contributed by atoms with Crippen LogP contribution in [0, 0.1) is 12.5 Å². The van der Waals surface area contributed by atoms with Crippen LogP contribution in [-0.4, -0.2) is 5.84 Å². The molecule has 0 aliphatic heterocycles. The van der Waals surface area contributed by atoms with Gasteiger partial charge in [0.05, 0.1) is 0 Å². The van der Waals surface area contributed by atoms with E-state index >= 15 is 0 Å². The molecule has 0 atom stereocenters. The summed E-state index contributed by atoms with van der Waals surface area (Å²) in [6.07, 6.45) is 8.22. The van der Waals surface area contributed by atoms with E-state index < -0.39 is 0 Å². The van der Waals surface area contributed by atoms with Crippen molar-refractivity contribution in [3.05, 3.63) is 12.2 Å². The quantitative estimate of drug-likeness (QED) is 0.296. The molecule has 0 aromatic heterocycles. The highest BCUT2D eigenvalue weighted by molar-refractivity contribution is 5.91. The first-order valence-electron chi connectivity index (χ1n) is 2.22. The predicted molar refractivity (Wildman–Crippen MR) is 35.3 cm³/mol. The topological polar surface area (TPSA) is 38.4 Å². The van der Waals surface area contributed by atoms with E-state index in [1.165, 1.54) is 0 Å². The SMILES string of the molecule is C#CN=C(N)/C=C\C. The number of hydrogen-bond acceptors (Lipinski definition) is 1. The van der Waals surface area contributed by atoms with Gasteiger partial charge in [0.1, 0.15) is 5.84 Å². The van der Waals surface area contributed by atoms with E-state index in [9.17, 15) is 0 Å². The van der Waals surface area contributed by atoms with Crippen molar-refractivity contribution in [2.24, 2.45) is 10.7 Å². The molecular weight excluding hydrogens is 100 g/mol. The van der Waals surface area contributed by atoms with Crippen LogP contribution in [0.1, 0.15) is 6.92 Å². The largest absolute Gasteiger partial charge is 0.383 e. The Labute approximate surface area is 49.1 Å². The number of aliphatic imine (C=N–C) groups is 1. The van der Waals surface area contributed by atoms with Crippen LogP contribution in [0.3, 0.4) is 0 Å². The lowest BCUT2D eigenvalue weighted by atomic mass is 10.5. The van der Waals surface area contributed by atoms with Crippen molar-refractivity contribution in [1.82, 2.24) is 0 Å². The summed E-state index contributed by atoms with van der Waals surface area (Å²) in [5, 5.41) is 0. The fourth-order valence-corrected chi connectivity index (χ4v) is 0.283. The molecule has 2 N–H and O–H groups in total. The van der Waals surface area contributed by atoms with Crippen molar-refractivity contribution < 1.29 is 0 Å². The van der Waals surface area contributed by atoms with E-state index in [2.05, 4.69) is 11.0 Å². The fourth-order valence-electron chi connectivity index (χ4n) is 0.283. The van der Waals surface area contributed by atoms with Gasteiger partial charge in [-0.3, -0.25) is 0 Å². The molecular formula is C6H8N2. The first-order chi connectivity index (χ1) is 3.81. The minimum atomic E-state index is 0.370. The third-order valence-corrected chi connectivity index (χ3v) is 0.531. The standard InChI is InChI=1S/C6H8N2/c1-3-5-6(7)8-4-2/h2-3,5H,1H3,(H2,7,8)/b5-3-. The summed E-state index contributed by atoms with van der Waals surface area (Å²) in [6.45, 7) is 1.85. The van der Waals surface area contributed by atoms with Crippen LogP contribution < -0.4 is 5.73 Å². The van der Waals surface area contributed by atoms with E-state index in [0.717, 1.165) is 0 Å². The zero-order valence-electron chi connectivity index (χ0n) is 4.76. The summed E-state index contributed by atoms with van der Waals surface area (Å²) in [4.78, 5) is 3.45. The third-order valence-electron chi connectivity index (χ3n) is 0.531. The molecule has 0 unspecified atom stereocenters. The van der Waals surface area contributed by atoms with Crippen LogP contribution in [0.4, 0.5) is 0 Å². The molecule has 2 nitrogen and oxygen atoms in total. The average Bonchev–Trinajstić information content (AvgIpc) is 1.68. The smallest absolute Gasteiger partial charge is 0.133 e. The Hall–Kier alpha value is -1.23. The summed E-state index contributed by atoms with van der Waals surface area (Å²) < 4.78 is 0. The normalized spacial score (nSPS) is 11.8. The van der Waals surface area contributed by atoms with Gasteiger partial charge in [0, 0.05) is 6.04 Å². The molecule has 0 amide bonds. The van der Waals surface area contributed by atoms with Gasteiger partial charge in [-0.15, -0.1) is 0 Å². The predicted octanol–water partition coefficient (Wildman–Crippen LogP) is 0.510. The van der Waals surface area contributed by atoms with Crippen LogP contribution in [0.2, 0.25) is 0 Å². The van der Waals surface area contributed by atoms with Crippen LogP contribution in [0.15, 0.2) is 17.1 Å². The Kier molecular flexibility index (Phi) is 3.34. The summed E-state index contributed by atoms with van der Waals surface area (Å²) in [5.41, 5.74) is 5.22. The number of amidine groups is 1. The molecule has 2 heteroatoms. The molecule has 0 fully saturated rings. The average molecular weight is 108 g/mol. The number of nitrogens with two attached hydrogens (primary N) is 1. The summed E-state index contributed by atoms with van der Waals surface area (Å²) in [7, 11) is 0. The van der Waals surface area contributed by atoms with Gasteiger partial charge in [0.15, 0.2) is 0 Å². The highest BCUT2D eigenvalue weighted by Crippen LogP contribution is 1.70. The maximum atomic E-state index is 5.22. The number of allylic oxidation sites excluding steroid dienone is 1. The van der Waals surface area contributed by atoms with Gasteiger partial charge in [0.25, 0.3) is 0 Å². The van der Waals surface area contributed by atoms with E-state index in [1.54, 1.807) is 12.2 Å². The molecule has 0 radical (unpaired) electrons.